The average Bonchev–Trinajstić information content (AvgIpc) is 3.11. The highest BCUT2D eigenvalue weighted by Gasteiger charge is 2.18. The zero-order valence-electron chi connectivity index (χ0n) is 15.8. The fourth-order valence-electron chi connectivity index (χ4n) is 3.25. The molecule has 0 bridgehead atoms. The number of aromatic amines is 1. The van der Waals surface area contributed by atoms with Crippen molar-refractivity contribution in [1.82, 2.24) is 9.97 Å². The van der Waals surface area contributed by atoms with Crippen molar-refractivity contribution in [3.8, 4) is 0 Å². The minimum atomic E-state index is -3.88. The number of sulfonamides is 1. The first kappa shape index (κ1) is 19.1. The van der Waals surface area contributed by atoms with Gasteiger partial charge in [0.05, 0.1) is 15.9 Å². The minimum Gasteiger partial charge on any atom is -0.342 e. The summed E-state index contributed by atoms with van der Waals surface area (Å²) < 4.78 is 41.4. The molecule has 1 aromatic heterocycles. The Morgan fingerprint density at radius 2 is 1.83 bits per heavy atom. The first-order chi connectivity index (χ1) is 13.9. The Hall–Kier alpha value is -3.19. The van der Waals surface area contributed by atoms with Gasteiger partial charge in [-0.3, -0.25) is 4.72 Å². The van der Waals surface area contributed by atoms with Gasteiger partial charge >= 0.3 is 0 Å². The Bertz CT molecular complexity index is 1250. The highest BCUT2D eigenvalue weighted by Crippen LogP contribution is 2.21. The third-order valence-electron chi connectivity index (χ3n) is 4.71. The maximum atomic E-state index is 13.5. The van der Waals surface area contributed by atoms with Crippen molar-refractivity contribution in [2.75, 3.05) is 4.72 Å². The van der Waals surface area contributed by atoms with E-state index in [1.165, 1.54) is 12.1 Å². The van der Waals surface area contributed by atoms with Crippen LogP contribution in [0.15, 0.2) is 71.6 Å². The molecular weight excluding hydrogens is 389 g/mol. The number of H-pyrrole nitrogens is 1. The first-order valence-electron chi connectivity index (χ1n) is 9.22. The fourth-order valence-corrected chi connectivity index (χ4v) is 4.56. The van der Waals surface area contributed by atoms with E-state index < -0.39 is 15.8 Å². The molecule has 4 rings (SSSR count). The molecule has 4 aromatic rings. The predicted octanol–water partition coefficient (Wildman–Crippen LogP) is 4.60. The SMILES string of the molecule is Cc1ccc(F)cc1S(=O)(=O)Nc1cccc(CCc2nc3ccccc3[nH]2)c1. The Morgan fingerprint density at radius 3 is 2.66 bits per heavy atom. The zero-order valence-corrected chi connectivity index (χ0v) is 16.6. The molecule has 0 saturated carbocycles. The van der Waals surface area contributed by atoms with Gasteiger partial charge in [-0.05, 0) is 60.9 Å². The van der Waals surface area contributed by atoms with Gasteiger partial charge in [-0.1, -0.05) is 30.3 Å². The van der Waals surface area contributed by atoms with Crippen molar-refractivity contribution in [3.05, 3.63) is 89.5 Å². The number of fused-ring (bicyclic) bond motifs is 1. The minimum absolute atomic E-state index is 0.0646. The summed E-state index contributed by atoms with van der Waals surface area (Å²) in [5.74, 6) is 0.295. The van der Waals surface area contributed by atoms with Gasteiger partial charge in [-0.2, -0.15) is 0 Å². The van der Waals surface area contributed by atoms with E-state index in [0.29, 0.717) is 24.1 Å². The summed E-state index contributed by atoms with van der Waals surface area (Å²) in [6.07, 6.45) is 1.41. The summed E-state index contributed by atoms with van der Waals surface area (Å²) in [6.45, 7) is 1.64. The number of nitrogens with zero attached hydrogens (tertiary/aromatic N) is 1. The molecule has 0 spiro atoms. The second-order valence-electron chi connectivity index (χ2n) is 6.92. The molecule has 5 nitrogen and oxygen atoms in total. The topological polar surface area (TPSA) is 74.8 Å². The molecule has 3 aromatic carbocycles. The van der Waals surface area contributed by atoms with Crippen LogP contribution in [-0.2, 0) is 22.9 Å². The van der Waals surface area contributed by atoms with Gasteiger partial charge in [0.2, 0.25) is 0 Å². The van der Waals surface area contributed by atoms with Gasteiger partial charge in [0.15, 0.2) is 0 Å². The van der Waals surface area contributed by atoms with E-state index in [4.69, 9.17) is 0 Å². The molecule has 148 valence electrons. The lowest BCUT2D eigenvalue weighted by Crippen LogP contribution is -2.14. The van der Waals surface area contributed by atoms with Gasteiger partial charge in [0.1, 0.15) is 11.6 Å². The molecule has 1 heterocycles. The molecular formula is C22H20FN3O2S. The number of benzene rings is 3. The molecule has 0 aliphatic heterocycles. The summed E-state index contributed by atoms with van der Waals surface area (Å²) in [6, 6.07) is 18.8. The van der Waals surface area contributed by atoms with Crippen LogP contribution < -0.4 is 4.72 Å². The molecule has 0 saturated heterocycles. The second-order valence-corrected chi connectivity index (χ2v) is 8.57. The van der Waals surface area contributed by atoms with E-state index in [2.05, 4.69) is 14.7 Å². The van der Waals surface area contributed by atoms with Gasteiger partial charge in [-0.15, -0.1) is 0 Å². The number of hydrogen-bond acceptors (Lipinski definition) is 3. The highest BCUT2D eigenvalue weighted by atomic mass is 32.2. The number of aryl methyl sites for hydroxylation is 3. The van der Waals surface area contributed by atoms with Crippen LogP contribution in [0.4, 0.5) is 10.1 Å². The van der Waals surface area contributed by atoms with Crippen LogP contribution in [0.5, 0.6) is 0 Å². The lowest BCUT2D eigenvalue weighted by atomic mass is 10.1. The summed E-state index contributed by atoms with van der Waals surface area (Å²) in [5, 5.41) is 0. The fraction of sp³-hybridized carbons (Fsp3) is 0.136. The number of nitrogens with one attached hydrogen (secondary N) is 2. The number of hydrogen-bond donors (Lipinski definition) is 2. The van der Waals surface area contributed by atoms with E-state index in [-0.39, 0.29) is 4.90 Å². The number of aromatic nitrogens is 2. The van der Waals surface area contributed by atoms with Crippen LogP contribution in [0.1, 0.15) is 17.0 Å². The largest absolute Gasteiger partial charge is 0.342 e. The molecule has 7 heteroatoms. The van der Waals surface area contributed by atoms with E-state index in [9.17, 15) is 12.8 Å². The van der Waals surface area contributed by atoms with Crippen molar-refractivity contribution < 1.29 is 12.8 Å². The molecule has 0 radical (unpaired) electrons. The lowest BCUT2D eigenvalue weighted by Gasteiger charge is -2.11. The summed E-state index contributed by atoms with van der Waals surface area (Å²) in [4.78, 5) is 7.79. The molecule has 0 aliphatic rings. The summed E-state index contributed by atoms with van der Waals surface area (Å²) >= 11 is 0. The highest BCUT2D eigenvalue weighted by molar-refractivity contribution is 7.92. The van der Waals surface area contributed by atoms with Gasteiger partial charge in [0, 0.05) is 12.1 Å². The number of imidazole rings is 1. The van der Waals surface area contributed by atoms with Crippen LogP contribution in [0.2, 0.25) is 0 Å². The van der Waals surface area contributed by atoms with Crippen molar-refractivity contribution in [1.29, 1.82) is 0 Å². The van der Waals surface area contributed by atoms with Gasteiger partial charge in [-0.25, -0.2) is 17.8 Å². The Balaban J connectivity index is 1.50. The Kier molecular flexibility index (Phi) is 5.07. The van der Waals surface area contributed by atoms with E-state index in [1.54, 1.807) is 25.1 Å². The predicted molar refractivity (Wildman–Crippen MR) is 112 cm³/mol. The van der Waals surface area contributed by atoms with Crippen LogP contribution in [-0.4, -0.2) is 18.4 Å². The molecule has 0 atom stereocenters. The lowest BCUT2D eigenvalue weighted by molar-refractivity contribution is 0.594. The van der Waals surface area contributed by atoms with Crippen molar-refractivity contribution in [3.63, 3.8) is 0 Å². The Morgan fingerprint density at radius 1 is 1.00 bits per heavy atom. The first-order valence-corrected chi connectivity index (χ1v) is 10.7. The number of anilines is 1. The third kappa shape index (κ3) is 4.30. The van der Waals surface area contributed by atoms with Crippen molar-refractivity contribution in [2.24, 2.45) is 0 Å². The van der Waals surface area contributed by atoms with Crippen LogP contribution in [0.25, 0.3) is 11.0 Å². The third-order valence-corrected chi connectivity index (χ3v) is 6.23. The monoisotopic (exact) mass is 409 g/mol. The number of rotatable bonds is 6. The van der Waals surface area contributed by atoms with Crippen molar-refractivity contribution >= 4 is 26.7 Å². The maximum Gasteiger partial charge on any atom is 0.262 e. The normalized spacial score (nSPS) is 11.7. The van der Waals surface area contributed by atoms with Crippen LogP contribution in [0, 0.1) is 12.7 Å². The van der Waals surface area contributed by atoms with Gasteiger partial charge in [0.25, 0.3) is 10.0 Å². The zero-order chi connectivity index (χ0) is 20.4. The Labute approximate surface area is 168 Å². The van der Waals surface area contributed by atoms with Gasteiger partial charge < -0.3 is 4.98 Å². The van der Waals surface area contributed by atoms with E-state index >= 15 is 0 Å². The quantitative estimate of drug-likeness (QED) is 0.489. The standard InChI is InChI=1S/C22H20FN3O2S/c1-15-9-11-17(23)14-21(15)29(27,28)26-18-6-4-5-16(13-18)10-12-22-24-19-7-2-3-8-20(19)25-22/h2-9,11,13-14,26H,10,12H2,1H3,(H,24,25). The summed E-state index contributed by atoms with van der Waals surface area (Å²) in [7, 11) is -3.88. The van der Waals surface area contributed by atoms with E-state index in [0.717, 1.165) is 28.5 Å². The number of halogens is 1. The molecule has 0 fully saturated rings. The average molecular weight is 409 g/mol. The molecule has 2 N–H and O–H groups in total. The molecule has 29 heavy (non-hydrogen) atoms. The van der Waals surface area contributed by atoms with E-state index in [1.807, 2.05) is 30.3 Å². The maximum absolute atomic E-state index is 13.5. The smallest absolute Gasteiger partial charge is 0.262 e. The second kappa shape index (κ2) is 7.67. The molecule has 0 unspecified atom stereocenters. The van der Waals surface area contributed by atoms with Crippen LogP contribution in [0.3, 0.4) is 0 Å². The number of para-hydroxylation sites is 2. The molecule has 0 amide bonds. The summed E-state index contributed by atoms with van der Waals surface area (Å²) in [5.41, 5.74) is 3.82. The molecule has 0 aliphatic carbocycles. The van der Waals surface area contributed by atoms with Crippen molar-refractivity contribution in [2.45, 2.75) is 24.7 Å². The van der Waals surface area contributed by atoms with Crippen LogP contribution >= 0.6 is 0 Å².